The van der Waals surface area contributed by atoms with Crippen molar-refractivity contribution in [1.29, 1.82) is 0 Å². The SMILES string of the molecule is Cc1cc2cc(F)c(C(F)F)cc2[nH]1. The molecule has 0 spiro atoms. The van der Waals surface area contributed by atoms with Crippen LogP contribution in [-0.4, -0.2) is 4.98 Å². The van der Waals surface area contributed by atoms with Gasteiger partial charge in [-0.05, 0) is 25.1 Å². The first-order valence-corrected chi connectivity index (χ1v) is 4.15. The molecule has 1 aromatic heterocycles. The zero-order valence-electron chi connectivity index (χ0n) is 7.44. The van der Waals surface area contributed by atoms with E-state index in [9.17, 15) is 13.2 Å². The molecular weight excluding hydrogens is 191 g/mol. The molecule has 1 aromatic carbocycles. The zero-order chi connectivity index (χ0) is 10.3. The summed E-state index contributed by atoms with van der Waals surface area (Å²) < 4.78 is 37.7. The summed E-state index contributed by atoms with van der Waals surface area (Å²) in [7, 11) is 0. The predicted molar refractivity (Wildman–Crippen MR) is 48.0 cm³/mol. The molecule has 74 valence electrons. The van der Waals surface area contributed by atoms with Gasteiger partial charge in [-0.15, -0.1) is 0 Å². The second kappa shape index (κ2) is 3.04. The van der Waals surface area contributed by atoms with E-state index in [1.807, 2.05) is 0 Å². The van der Waals surface area contributed by atoms with Gasteiger partial charge in [-0.1, -0.05) is 0 Å². The molecule has 1 heterocycles. The van der Waals surface area contributed by atoms with Crippen molar-refractivity contribution in [2.45, 2.75) is 13.3 Å². The van der Waals surface area contributed by atoms with Crippen LogP contribution in [-0.2, 0) is 0 Å². The molecule has 1 N–H and O–H groups in total. The summed E-state index contributed by atoms with van der Waals surface area (Å²) in [5.41, 5.74) is 0.810. The molecule has 1 nitrogen and oxygen atoms in total. The van der Waals surface area contributed by atoms with E-state index in [4.69, 9.17) is 0 Å². The molecule has 4 heteroatoms. The van der Waals surface area contributed by atoms with Gasteiger partial charge in [-0.25, -0.2) is 13.2 Å². The van der Waals surface area contributed by atoms with Gasteiger partial charge in [0, 0.05) is 16.6 Å². The van der Waals surface area contributed by atoms with Crippen molar-refractivity contribution < 1.29 is 13.2 Å². The highest BCUT2D eigenvalue weighted by Crippen LogP contribution is 2.26. The Morgan fingerprint density at radius 2 is 1.93 bits per heavy atom. The van der Waals surface area contributed by atoms with E-state index < -0.39 is 17.8 Å². The molecule has 0 fully saturated rings. The Labute approximate surface area is 78.5 Å². The van der Waals surface area contributed by atoms with Crippen LogP contribution in [0.15, 0.2) is 18.2 Å². The van der Waals surface area contributed by atoms with Crippen LogP contribution in [0.5, 0.6) is 0 Å². The fraction of sp³-hybridized carbons (Fsp3) is 0.200. The second-order valence-corrected chi connectivity index (χ2v) is 3.21. The lowest BCUT2D eigenvalue weighted by molar-refractivity contribution is 0.146. The highest BCUT2D eigenvalue weighted by atomic mass is 19.3. The maximum absolute atomic E-state index is 13.1. The summed E-state index contributed by atoms with van der Waals surface area (Å²) in [6, 6.07) is 4.00. The molecule has 0 saturated carbocycles. The number of aryl methyl sites for hydroxylation is 1. The highest BCUT2D eigenvalue weighted by Gasteiger charge is 2.14. The number of aromatic nitrogens is 1. The quantitative estimate of drug-likeness (QED) is 0.722. The van der Waals surface area contributed by atoms with E-state index in [0.717, 1.165) is 17.8 Å². The van der Waals surface area contributed by atoms with E-state index in [1.165, 1.54) is 0 Å². The summed E-state index contributed by atoms with van der Waals surface area (Å²) in [5, 5.41) is 0.615. The maximum atomic E-state index is 13.1. The van der Waals surface area contributed by atoms with Crippen LogP contribution in [0.25, 0.3) is 10.9 Å². The fourth-order valence-electron chi connectivity index (χ4n) is 1.48. The summed E-state index contributed by atoms with van der Waals surface area (Å²) in [6.07, 6.45) is -2.77. The molecule has 0 saturated heterocycles. The van der Waals surface area contributed by atoms with Crippen molar-refractivity contribution in [2.24, 2.45) is 0 Å². The lowest BCUT2D eigenvalue weighted by Gasteiger charge is -2.01. The van der Waals surface area contributed by atoms with Gasteiger partial charge in [-0.3, -0.25) is 0 Å². The molecule has 2 aromatic rings. The van der Waals surface area contributed by atoms with Crippen molar-refractivity contribution >= 4 is 10.9 Å². The van der Waals surface area contributed by atoms with Gasteiger partial charge >= 0.3 is 0 Å². The number of hydrogen-bond acceptors (Lipinski definition) is 0. The second-order valence-electron chi connectivity index (χ2n) is 3.21. The van der Waals surface area contributed by atoms with Gasteiger partial charge in [-0.2, -0.15) is 0 Å². The predicted octanol–water partition coefficient (Wildman–Crippen LogP) is 3.55. The van der Waals surface area contributed by atoms with E-state index in [1.54, 1.807) is 13.0 Å². The summed E-state index contributed by atoms with van der Waals surface area (Å²) in [6.45, 7) is 1.79. The van der Waals surface area contributed by atoms with Crippen LogP contribution in [0, 0.1) is 12.7 Å². The van der Waals surface area contributed by atoms with Crippen LogP contribution < -0.4 is 0 Å². The molecule has 0 aliphatic carbocycles. The molecule has 0 bridgehead atoms. The maximum Gasteiger partial charge on any atom is 0.266 e. The summed E-state index contributed by atoms with van der Waals surface area (Å²) in [4.78, 5) is 2.88. The van der Waals surface area contributed by atoms with Gasteiger partial charge in [0.15, 0.2) is 0 Å². The van der Waals surface area contributed by atoms with Crippen molar-refractivity contribution in [3.05, 3.63) is 35.3 Å². The number of alkyl halides is 2. The number of fused-ring (bicyclic) bond motifs is 1. The molecule has 0 aliphatic rings. The van der Waals surface area contributed by atoms with Gasteiger partial charge < -0.3 is 4.98 Å². The van der Waals surface area contributed by atoms with Gasteiger partial charge in [0.05, 0.1) is 5.56 Å². The molecule has 0 atom stereocenters. The summed E-state index contributed by atoms with van der Waals surface area (Å²) in [5.74, 6) is -0.855. The first-order valence-electron chi connectivity index (χ1n) is 4.15. The van der Waals surface area contributed by atoms with Gasteiger partial charge in [0.1, 0.15) is 5.82 Å². The van der Waals surface area contributed by atoms with Crippen molar-refractivity contribution in [3.63, 3.8) is 0 Å². The highest BCUT2D eigenvalue weighted by molar-refractivity contribution is 5.81. The molecule has 0 radical (unpaired) electrons. The first kappa shape index (κ1) is 9.12. The van der Waals surface area contributed by atoms with E-state index >= 15 is 0 Å². The van der Waals surface area contributed by atoms with Crippen LogP contribution >= 0.6 is 0 Å². The van der Waals surface area contributed by atoms with Crippen molar-refractivity contribution in [3.8, 4) is 0 Å². The molecular formula is C10H8F3N. The van der Waals surface area contributed by atoms with Crippen molar-refractivity contribution in [1.82, 2.24) is 4.98 Å². The number of rotatable bonds is 1. The van der Waals surface area contributed by atoms with Crippen LogP contribution in [0.4, 0.5) is 13.2 Å². The molecule has 0 aliphatic heterocycles. The molecule has 0 unspecified atom stereocenters. The number of aromatic amines is 1. The van der Waals surface area contributed by atoms with Crippen LogP contribution in [0.2, 0.25) is 0 Å². The third-order valence-electron chi connectivity index (χ3n) is 2.11. The molecule has 14 heavy (non-hydrogen) atoms. The topological polar surface area (TPSA) is 15.8 Å². The third-order valence-corrected chi connectivity index (χ3v) is 2.11. The normalized spacial score (nSPS) is 11.5. The third kappa shape index (κ3) is 1.36. The Kier molecular flexibility index (Phi) is 1.98. The number of hydrogen-bond donors (Lipinski definition) is 1. The average Bonchev–Trinajstić information content (AvgIpc) is 2.42. The molecule has 0 amide bonds. The monoisotopic (exact) mass is 199 g/mol. The largest absolute Gasteiger partial charge is 0.359 e. The van der Waals surface area contributed by atoms with E-state index in [0.29, 0.717) is 10.9 Å². The Morgan fingerprint density at radius 1 is 1.21 bits per heavy atom. The number of H-pyrrole nitrogens is 1. The Balaban J connectivity index is 2.70. The smallest absolute Gasteiger partial charge is 0.266 e. The Hall–Kier alpha value is -1.45. The minimum Gasteiger partial charge on any atom is -0.359 e. The standard InChI is InChI=1S/C10H8F3N/c1-5-2-6-3-8(11)7(10(12)13)4-9(6)14-5/h2-4,10,14H,1H3. The lowest BCUT2D eigenvalue weighted by atomic mass is 10.1. The van der Waals surface area contributed by atoms with Gasteiger partial charge in [0.25, 0.3) is 6.43 Å². The van der Waals surface area contributed by atoms with E-state index in [-0.39, 0.29) is 0 Å². The van der Waals surface area contributed by atoms with Crippen LogP contribution in [0.1, 0.15) is 17.7 Å². The Bertz CT molecular complexity index is 473. The lowest BCUT2D eigenvalue weighted by Crippen LogP contribution is -1.89. The van der Waals surface area contributed by atoms with Gasteiger partial charge in [0.2, 0.25) is 0 Å². The fourth-order valence-corrected chi connectivity index (χ4v) is 1.48. The first-order chi connectivity index (χ1) is 6.58. The minimum atomic E-state index is -2.77. The summed E-state index contributed by atoms with van der Waals surface area (Å²) >= 11 is 0. The number of benzene rings is 1. The average molecular weight is 199 g/mol. The van der Waals surface area contributed by atoms with Crippen molar-refractivity contribution in [2.75, 3.05) is 0 Å². The molecule has 2 rings (SSSR count). The Morgan fingerprint density at radius 3 is 2.57 bits per heavy atom. The van der Waals surface area contributed by atoms with Crippen LogP contribution in [0.3, 0.4) is 0 Å². The zero-order valence-corrected chi connectivity index (χ0v) is 7.44. The minimum absolute atomic E-state index is 0.541. The number of halogens is 3. The van der Waals surface area contributed by atoms with E-state index in [2.05, 4.69) is 4.98 Å². The number of nitrogens with one attached hydrogen (secondary N) is 1.